The Kier molecular flexibility index (Phi) is 4.63. The van der Waals surface area contributed by atoms with Crippen molar-refractivity contribution in [3.8, 4) is 0 Å². The van der Waals surface area contributed by atoms with E-state index >= 15 is 0 Å². The van der Waals surface area contributed by atoms with E-state index in [1.54, 1.807) is 0 Å². The third kappa shape index (κ3) is 2.82. The standard InChI is InChI=1S/C12H20N2/c1-3-14(10-9-13)11(2)12-7-5-4-6-8-12/h4-8,11H,3,9-10,13H2,1-2H3. The molecule has 2 heteroatoms. The maximum Gasteiger partial charge on any atom is 0.0320 e. The highest BCUT2D eigenvalue weighted by atomic mass is 15.1. The molecule has 0 aliphatic carbocycles. The van der Waals surface area contributed by atoms with Crippen molar-refractivity contribution in [3.05, 3.63) is 35.9 Å². The fraction of sp³-hybridized carbons (Fsp3) is 0.500. The van der Waals surface area contributed by atoms with Gasteiger partial charge in [0.05, 0.1) is 0 Å². The van der Waals surface area contributed by atoms with Crippen molar-refractivity contribution in [1.82, 2.24) is 4.90 Å². The highest BCUT2D eigenvalue weighted by molar-refractivity contribution is 5.18. The van der Waals surface area contributed by atoms with Crippen molar-refractivity contribution in [2.24, 2.45) is 5.73 Å². The molecule has 0 saturated heterocycles. The molecule has 1 rings (SSSR count). The van der Waals surface area contributed by atoms with Gasteiger partial charge in [-0.15, -0.1) is 0 Å². The molecule has 0 amide bonds. The monoisotopic (exact) mass is 192 g/mol. The van der Waals surface area contributed by atoms with Crippen LogP contribution in [0.15, 0.2) is 30.3 Å². The molecule has 0 fully saturated rings. The Morgan fingerprint density at radius 1 is 1.29 bits per heavy atom. The van der Waals surface area contributed by atoms with Crippen LogP contribution in [0.4, 0.5) is 0 Å². The number of hydrogen-bond acceptors (Lipinski definition) is 2. The molecule has 1 aromatic carbocycles. The minimum Gasteiger partial charge on any atom is -0.329 e. The summed E-state index contributed by atoms with van der Waals surface area (Å²) in [5.74, 6) is 0. The molecule has 0 saturated carbocycles. The summed E-state index contributed by atoms with van der Waals surface area (Å²) in [7, 11) is 0. The van der Waals surface area contributed by atoms with Crippen molar-refractivity contribution in [2.45, 2.75) is 19.9 Å². The summed E-state index contributed by atoms with van der Waals surface area (Å²) in [6, 6.07) is 11.0. The summed E-state index contributed by atoms with van der Waals surface area (Å²) >= 11 is 0. The number of hydrogen-bond donors (Lipinski definition) is 1. The van der Waals surface area contributed by atoms with Gasteiger partial charge in [0, 0.05) is 19.1 Å². The number of benzene rings is 1. The van der Waals surface area contributed by atoms with E-state index in [4.69, 9.17) is 5.73 Å². The zero-order chi connectivity index (χ0) is 10.4. The summed E-state index contributed by atoms with van der Waals surface area (Å²) in [6.45, 7) is 7.15. The third-order valence-electron chi connectivity index (χ3n) is 2.65. The smallest absolute Gasteiger partial charge is 0.0320 e. The SMILES string of the molecule is CCN(CCN)C(C)c1ccccc1. The normalized spacial score (nSPS) is 13.1. The Balaban J connectivity index is 2.67. The average molecular weight is 192 g/mol. The summed E-state index contributed by atoms with van der Waals surface area (Å²) in [4.78, 5) is 2.38. The molecular formula is C12H20N2. The highest BCUT2D eigenvalue weighted by Crippen LogP contribution is 2.18. The van der Waals surface area contributed by atoms with Gasteiger partial charge in [-0.05, 0) is 19.0 Å². The van der Waals surface area contributed by atoms with E-state index < -0.39 is 0 Å². The summed E-state index contributed by atoms with van der Waals surface area (Å²) in [5.41, 5.74) is 6.94. The highest BCUT2D eigenvalue weighted by Gasteiger charge is 2.11. The predicted octanol–water partition coefficient (Wildman–Crippen LogP) is 2.03. The molecule has 0 aromatic heterocycles. The van der Waals surface area contributed by atoms with Crippen LogP contribution in [0.1, 0.15) is 25.5 Å². The van der Waals surface area contributed by atoms with Gasteiger partial charge in [-0.1, -0.05) is 37.3 Å². The molecule has 0 aliphatic heterocycles. The number of likely N-dealkylation sites (N-methyl/N-ethyl adjacent to an activating group) is 1. The Morgan fingerprint density at radius 2 is 1.93 bits per heavy atom. The second kappa shape index (κ2) is 5.78. The quantitative estimate of drug-likeness (QED) is 0.773. The van der Waals surface area contributed by atoms with Crippen LogP contribution in [0.5, 0.6) is 0 Å². The Bertz CT molecular complexity index is 246. The Labute approximate surface area is 86.7 Å². The first-order valence-corrected chi connectivity index (χ1v) is 5.28. The maximum absolute atomic E-state index is 5.58. The van der Waals surface area contributed by atoms with Crippen molar-refractivity contribution in [1.29, 1.82) is 0 Å². The first-order valence-electron chi connectivity index (χ1n) is 5.28. The van der Waals surface area contributed by atoms with E-state index in [0.29, 0.717) is 6.04 Å². The largest absolute Gasteiger partial charge is 0.329 e. The van der Waals surface area contributed by atoms with Crippen LogP contribution in [-0.4, -0.2) is 24.5 Å². The zero-order valence-electron chi connectivity index (χ0n) is 9.11. The van der Waals surface area contributed by atoms with Gasteiger partial charge in [-0.3, -0.25) is 4.90 Å². The van der Waals surface area contributed by atoms with Crippen molar-refractivity contribution in [2.75, 3.05) is 19.6 Å². The van der Waals surface area contributed by atoms with Crippen molar-refractivity contribution >= 4 is 0 Å². The Morgan fingerprint density at radius 3 is 2.43 bits per heavy atom. The average Bonchev–Trinajstić information content (AvgIpc) is 2.26. The predicted molar refractivity (Wildman–Crippen MR) is 61.2 cm³/mol. The lowest BCUT2D eigenvalue weighted by Crippen LogP contribution is -2.31. The first kappa shape index (κ1) is 11.2. The molecule has 0 heterocycles. The van der Waals surface area contributed by atoms with Crippen LogP contribution in [0.3, 0.4) is 0 Å². The second-order valence-corrected chi connectivity index (χ2v) is 3.50. The van der Waals surface area contributed by atoms with Crippen LogP contribution in [0, 0.1) is 0 Å². The first-order chi connectivity index (χ1) is 6.79. The van der Waals surface area contributed by atoms with Crippen LogP contribution in [0.2, 0.25) is 0 Å². The molecule has 14 heavy (non-hydrogen) atoms. The van der Waals surface area contributed by atoms with E-state index in [2.05, 4.69) is 49.1 Å². The lowest BCUT2D eigenvalue weighted by Gasteiger charge is -2.27. The Hall–Kier alpha value is -0.860. The summed E-state index contributed by atoms with van der Waals surface area (Å²) in [5, 5.41) is 0. The fourth-order valence-electron chi connectivity index (χ4n) is 1.73. The maximum atomic E-state index is 5.58. The van der Waals surface area contributed by atoms with E-state index in [0.717, 1.165) is 19.6 Å². The lowest BCUT2D eigenvalue weighted by atomic mass is 10.1. The zero-order valence-corrected chi connectivity index (χ0v) is 9.11. The third-order valence-corrected chi connectivity index (χ3v) is 2.65. The lowest BCUT2D eigenvalue weighted by molar-refractivity contribution is 0.228. The van der Waals surface area contributed by atoms with Gasteiger partial charge in [0.15, 0.2) is 0 Å². The van der Waals surface area contributed by atoms with Crippen molar-refractivity contribution in [3.63, 3.8) is 0 Å². The summed E-state index contributed by atoms with van der Waals surface area (Å²) < 4.78 is 0. The van der Waals surface area contributed by atoms with Crippen LogP contribution in [-0.2, 0) is 0 Å². The van der Waals surface area contributed by atoms with Crippen molar-refractivity contribution < 1.29 is 0 Å². The molecule has 1 aromatic rings. The molecule has 0 bridgehead atoms. The van der Waals surface area contributed by atoms with Crippen LogP contribution >= 0.6 is 0 Å². The van der Waals surface area contributed by atoms with Gasteiger partial charge < -0.3 is 5.73 Å². The topological polar surface area (TPSA) is 29.3 Å². The van der Waals surface area contributed by atoms with E-state index in [9.17, 15) is 0 Å². The van der Waals surface area contributed by atoms with E-state index in [1.807, 2.05) is 0 Å². The summed E-state index contributed by atoms with van der Waals surface area (Å²) in [6.07, 6.45) is 0. The van der Waals surface area contributed by atoms with E-state index in [-0.39, 0.29) is 0 Å². The van der Waals surface area contributed by atoms with Gasteiger partial charge in [0.1, 0.15) is 0 Å². The van der Waals surface area contributed by atoms with Crippen LogP contribution in [0.25, 0.3) is 0 Å². The van der Waals surface area contributed by atoms with Gasteiger partial charge in [0.2, 0.25) is 0 Å². The second-order valence-electron chi connectivity index (χ2n) is 3.50. The van der Waals surface area contributed by atoms with Crippen LogP contribution < -0.4 is 5.73 Å². The van der Waals surface area contributed by atoms with Gasteiger partial charge >= 0.3 is 0 Å². The molecule has 1 atom stereocenters. The minimum atomic E-state index is 0.463. The number of rotatable bonds is 5. The van der Waals surface area contributed by atoms with E-state index in [1.165, 1.54) is 5.56 Å². The molecule has 2 nitrogen and oxygen atoms in total. The van der Waals surface area contributed by atoms with Gasteiger partial charge in [-0.2, -0.15) is 0 Å². The van der Waals surface area contributed by atoms with Gasteiger partial charge in [0.25, 0.3) is 0 Å². The molecule has 0 spiro atoms. The molecule has 0 aliphatic rings. The molecular weight excluding hydrogens is 172 g/mol. The molecule has 1 unspecified atom stereocenters. The van der Waals surface area contributed by atoms with Gasteiger partial charge in [-0.25, -0.2) is 0 Å². The number of nitrogens with two attached hydrogens (primary N) is 1. The molecule has 2 N–H and O–H groups in total. The minimum absolute atomic E-state index is 0.463. The fourth-order valence-corrected chi connectivity index (χ4v) is 1.73. The molecule has 0 radical (unpaired) electrons. The molecule has 78 valence electrons. The number of nitrogens with zero attached hydrogens (tertiary/aromatic N) is 1.